The van der Waals surface area contributed by atoms with Gasteiger partial charge in [-0.1, -0.05) is 41.7 Å². The van der Waals surface area contributed by atoms with Gasteiger partial charge in [0, 0.05) is 6.54 Å². The molecule has 0 fully saturated rings. The van der Waals surface area contributed by atoms with Crippen LogP contribution in [0.5, 0.6) is 0 Å². The number of rotatable bonds is 5. The number of nitrogens with zero attached hydrogens (tertiary/aromatic N) is 6. The summed E-state index contributed by atoms with van der Waals surface area (Å²) in [6.45, 7) is 4.09. The largest absolute Gasteiger partial charge is 0.272 e. The van der Waals surface area contributed by atoms with E-state index in [1.54, 1.807) is 28.5 Å². The number of benzene rings is 1. The summed E-state index contributed by atoms with van der Waals surface area (Å²) in [5, 5.41) is 10.7. The first-order chi connectivity index (χ1) is 16.2. The van der Waals surface area contributed by atoms with E-state index in [-0.39, 0.29) is 17.4 Å². The average Bonchev–Trinajstić information content (AvgIpc) is 3.42. The number of hydrogen-bond acceptors (Lipinski definition) is 7. The molecule has 33 heavy (non-hydrogen) atoms. The van der Waals surface area contributed by atoms with Crippen LogP contribution in [0.2, 0.25) is 0 Å². The Kier molecular flexibility index (Phi) is 5.06. The minimum Gasteiger partial charge on any atom is -0.272 e. The molecule has 2 aliphatic heterocycles. The second kappa shape index (κ2) is 8.11. The summed E-state index contributed by atoms with van der Waals surface area (Å²) < 4.78 is 3.43. The van der Waals surface area contributed by atoms with Gasteiger partial charge in [0.05, 0.1) is 21.7 Å². The number of aromatic nitrogens is 4. The Labute approximate surface area is 197 Å². The summed E-state index contributed by atoms with van der Waals surface area (Å²) in [7, 11) is 0. The van der Waals surface area contributed by atoms with E-state index in [4.69, 9.17) is 4.99 Å². The number of hydrogen-bond donors (Lipinski definition) is 0. The Hall–Kier alpha value is -2.98. The van der Waals surface area contributed by atoms with E-state index in [9.17, 15) is 9.59 Å². The molecule has 1 atom stereocenters. The van der Waals surface area contributed by atoms with Gasteiger partial charge in [-0.3, -0.25) is 18.6 Å². The fraction of sp³-hybridized carbons (Fsp3) is 0.304. The topological polar surface area (TPSA) is 94.0 Å². The predicted molar refractivity (Wildman–Crippen MR) is 132 cm³/mol. The lowest BCUT2D eigenvalue weighted by Gasteiger charge is -2.18. The second-order valence-corrected chi connectivity index (χ2v) is 10.2. The molecule has 0 bridgehead atoms. The first-order valence-electron chi connectivity index (χ1n) is 10.9. The minimum absolute atomic E-state index is 0.105. The Morgan fingerprint density at radius 3 is 2.88 bits per heavy atom. The van der Waals surface area contributed by atoms with Crippen LogP contribution in [-0.2, 0) is 11.3 Å². The highest BCUT2D eigenvalue weighted by Crippen LogP contribution is 2.47. The molecule has 0 saturated carbocycles. The first kappa shape index (κ1) is 20.6. The van der Waals surface area contributed by atoms with Crippen molar-refractivity contribution in [2.75, 3.05) is 5.75 Å². The molecule has 0 spiro atoms. The van der Waals surface area contributed by atoms with Crippen LogP contribution in [0.4, 0.5) is 0 Å². The molecule has 1 aliphatic carbocycles. The third-order valence-electron chi connectivity index (χ3n) is 6.13. The highest BCUT2D eigenvalue weighted by atomic mass is 32.2. The van der Waals surface area contributed by atoms with Crippen molar-refractivity contribution < 1.29 is 4.79 Å². The highest BCUT2D eigenvalue weighted by molar-refractivity contribution is 8.17. The molecule has 0 N–H and O–H groups in total. The summed E-state index contributed by atoms with van der Waals surface area (Å²) >= 11 is 3.07. The molecule has 1 aromatic carbocycles. The predicted octanol–water partition coefficient (Wildman–Crippen LogP) is 3.85. The van der Waals surface area contributed by atoms with E-state index in [0.717, 1.165) is 29.8 Å². The van der Waals surface area contributed by atoms with Crippen LogP contribution < -0.4 is 5.56 Å². The quantitative estimate of drug-likeness (QED) is 0.410. The Morgan fingerprint density at radius 1 is 1.15 bits per heavy atom. The van der Waals surface area contributed by atoms with E-state index >= 15 is 0 Å². The Bertz CT molecular complexity index is 1500. The number of thioether (sulfide) groups is 2. The minimum atomic E-state index is -0.259. The molecule has 4 heterocycles. The van der Waals surface area contributed by atoms with Crippen molar-refractivity contribution in [1.29, 1.82) is 0 Å². The fourth-order valence-corrected chi connectivity index (χ4v) is 6.81. The molecule has 0 radical (unpaired) electrons. The normalized spacial score (nSPS) is 20.1. The van der Waals surface area contributed by atoms with Crippen molar-refractivity contribution in [3.05, 3.63) is 57.8 Å². The number of carbonyl (C=O) groups is 1. The Morgan fingerprint density at radius 2 is 2.00 bits per heavy atom. The van der Waals surface area contributed by atoms with Gasteiger partial charge in [-0.2, -0.15) is 4.99 Å². The molecule has 2 aromatic heterocycles. The van der Waals surface area contributed by atoms with Crippen LogP contribution in [0.3, 0.4) is 0 Å². The monoisotopic (exact) mass is 476 g/mol. The Balaban J connectivity index is 1.33. The molecule has 8 nitrogen and oxygen atoms in total. The van der Waals surface area contributed by atoms with Crippen molar-refractivity contribution in [3.63, 3.8) is 0 Å². The van der Waals surface area contributed by atoms with Crippen molar-refractivity contribution in [2.24, 2.45) is 15.9 Å². The van der Waals surface area contributed by atoms with Gasteiger partial charge >= 0.3 is 0 Å². The maximum absolute atomic E-state index is 12.9. The fourth-order valence-electron chi connectivity index (χ4n) is 4.66. The average molecular weight is 477 g/mol. The van der Waals surface area contributed by atoms with Gasteiger partial charge in [0.2, 0.25) is 5.78 Å². The number of amides is 1. The maximum Gasteiger partial charge on any atom is 0.263 e. The van der Waals surface area contributed by atoms with Crippen molar-refractivity contribution in [3.8, 4) is 0 Å². The second-order valence-electron chi connectivity index (χ2n) is 8.14. The third-order valence-corrected chi connectivity index (χ3v) is 8.30. The SMILES string of the molecule is C=CCn1c(=O)c2ccccc2n2c(SCC3=NC(=O)C4C(=N3)SC3=C4CCCC3)nnc12. The van der Waals surface area contributed by atoms with Crippen molar-refractivity contribution in [1.82, 2.24) is 19.2 Å². The molecule has 0 saturated heterocycles. The molecule has 3 aliphatic rings. The van der Waals surface area contributed by atoms with Crippen molar-refractivity contribution in [2.45, 2.75) is 37.4 Å². The lowest BCUT2D eigenvalue weighted by Crippen LogP contribution is -2.26. The summed E-state index contributed by atoms with van der Waals surface area (Å²) in [6, 6.07) is 7.41. The van der Waals surface area contributed by atoms with Crippen LogP contribution >= 0.6 is 23.5 Å². The zero-order valence-corrected chi connectivity index (χ0v) is 19.4. The van der Waals surface area contributed by atoms with E-state index < -0.39 is 0 Å². The van der Waals surface area contributed by atoms with E-state index in [1.807, 2.05) is 22.6 Å². The van der Waals surface area contributed by atoms with Crippen molar-refractivity contribution >= 4 is 57.0 Å². The van der Waals surface area contributed by atoms with Gasteiger partial charge in [0.1, 0.15) is 11.8 Å². The lowest BCUT2D eigenvalue weighted by molar-refractivity contribution is -0.118. The van der Waals surface area contributed by atoms with Gasteiger partial charge < -0.3 is 0 Å². The summed E-state index contributed by atoms with van der Waals surface area (Å²) in [5.74, 6) is 0.987. The van der Waals surface area contributed by atoms with E-state index in [1.165, 1.54) is 28.7 Å². The smallest absolute Gasteiger partial charge is 0.263 e. The lowest BCUT2D eigenvalue weighted by atomic mass is 9.89. The van der Waals surface area contributed by atoms with Gasteiger partial charge in [0.25, 0.3) is 11.5 Å². The molecule has 166 valence electrons. The number of allylic oxidation sites excluding steroid dienone is 2. The number of fused-ring (bicyclic) bond motifs is 5. The number of para-hydroxylation sites is 1. The third kappa shape index (κ3) is 3.31. The molecular formula is C23H20N6O2S2. The van der Waals surface area contributed by atoms with E-state index in [0.29, 0.717) is 34.5 Å². The van der Waals surface area contributed by atoms with Gasteiger partial charge in [-0.25, -0.2) is 4.99 Å². The molecule has 3 aromatic rings. The summed E-state index contributed by atoms with van der Waals surface area (Å²) in [4.78, 5) is 36.2. The maximum atomic E-state index is 12.9. The van der Waals surface area contributed by atoms with Gasteiger partial charge in [0.15, 0.2) is 5.16 Å². The zero-order valence-electron chi connectivity index (χ0n) is 17.7. The summed E-state index contributed by atoms with van der Waals surface area (Å²) in [5.41, 5.74) is 1.85. The molecule has 1 unspecified atom stereocenters. The highest BCUT2D eigenvalue weighted by Gasteiger charge is 2.40. The van der Waals surface area contributed by atoms with Crippen LogP contribution in [0.15, 0.2) is 67.3 Å². The number of aliphatic imine (C=N–C) groups is 2. The van der Waals surface area contributed by atoms with Crippen LogP contribution in [0.1, 0.15) is 25.7 Å². The standard InChI is InChI=1S/C23H20N6O2S2/c1-2-11-28-21(31)13-7-3-5-9-15(13)29-22(28)26-27-23(29)32-12-17-24-19(30)18-14-8-4-6-10-16(14)33-20(18)25-17/h2-3,5,7,9,18H,1,4,6,8,10-12H2. The molecular weight excluding hydrogens is 456 g/mol. The van der Waals surface area contributed by atoms with Gasteiger partial charge in [-0.15, -0.1) is 16.8 Å². The van der Waals surface area contributed by atoms with E-state index in [2.05, 4.69) is 21.8 Å². The van der Waals surface area contributed by atoms with Crippen LogP contribution in [0.25, 0.3) is 16.7 Å². The first-order valence-corrected chi connectivity index (χ1v) is 12.7. The van der Waals surface area contributed by atoms with Crippen LogP contribution in [-0.4, -0.2) is 41.7 Å². The van der Waals surface area contributed by atoms with Gasteiger partial charge in [-0.05, 0) is 48.3 Å². The molecule has 1 amide bonds. The molecule has 10 heteroatoms. The summed E-state index contributed by atoms with van der Waals surface area (Å²) in [6.07, 6.45) is 5.99. The zero-order chi connectivity index (χ0) is 22.5. The number of amidine groups is 1. The number of carbonyl (C=O) groups excluding carboxylic acids is 1. The van der Waals surface area contributed by atoms with Crippen LogP contribution in [0, 0.1) is 5.92 Å². The molecule has 6 rings (SSSR count).